The van der Waals surface area contributed by atoms with E-state index in [1.165, 1.54) is 6.07 Å². The number of benzene rings is 1. The molecule has 0 atom stereocenters. The molecule has 0 bridgehead atoms. The average molecular weight is 296 g/mol. The Balaban J connectivity index is 2.38. The number of carbonyl (C=O) groups excluding carboxylic acids is 1. The number of sulfonamides is 1. The highest BCUT2D eigenvalue weighted by molar-refractivity contribution is 7.89. The molecular formula is C14H20N2O3S. The fourth-order valence-electron chi connectivity index (χ4n) is 2.28. The van der Waals surface area contributed by atoms with Crippen LogP contribution >= 0.6 is 0 Å². The third-order valence-corrected chi connectivity index (χ3v) is 4.89. The fraction of sp³-hybridized carbons (Fsp3) is 0.500. The molecule has 1 aromatic rings. The lowest BCUT2D eigenvalue weighted by molar-refractivity contribution is -0.126. The van der Waals surface area contributed by atoms with Gasteiger partial charge in [0.1, 0.15) is 0 Å². The zero-order chi connectivity index (χ0) is 15.1. The summed E-state index contributed by atoms with van der Waals surface area (Å²) in [5.74, 6) is 0.0714. The monoisotopic (exact) mass is 296 g/mol. The van der Waals surface area contributed by atoms with Gasteiger partial charge in [-0.25, -0.2) is 13.6 Å². The molecule has 2 rings (SSSR count). The Labute approximate surface area is 119 Å². The number of amides is 1. The first-order valence-electron chi connectivity index (χ1n) is 6.64. The van der Waals surface area contributed by atoms with Crippen molar-refractivity contribution < 1.29 is 13.2 Å². The maximum atomic E-state index is 12.5. The molecule has 6 heteroatoms. The van der Waals surface area contributed by atoms with Crippen LogP contribution in [0.1, 0.15) is 32.8 Å². The molecule has 1 amide bonds. The molecule has 0 aliphatic carbocycles. The van der Waals surface area contributed by atoms with Gasteiger partial charge in [-0.3, -0.25) is 4.79 Å². The quantitative estimate of drug-likeness (QED) is 0.921. The van der Waals surface area contributed by atoms with Crippen molar-refractivity contribution in [3.8, 4) is 0 Å². The van der Waals surface area contributed by atoms with Gasteiger partial charge in [0.05, 0.1) is 4.90 Å². The summed E-state index contributed by atoms with van der Waals surface area (Å²) in [5, 5.41) is 5.13. The number of fused-ring (bicyclic) bond motifs is 1. The molecule has 0 aromatic heterocycles. The summed E-state index contributed by atoms with van der Waals surface area (Å²) in [5.41, 5.74) is 1.24. The van der Waals surface area contributed by atoms with Crippen molar-refractivity contribution in [2.24, 2.45) is 10.6 Å². The molecule has 1 aliphatic heterocycles. The van der Waals surface area contributed by atoms with Gasteiger partial charge >= 0.3 is 0 Å². The standard InChI is InChI=1S/C14H20N2O3S/c1-4-14(2,3)13(17)16-8-7-10-9-11(20(15,18)19)5-6-12(10)16/h5-6,9H,4,7-8H2,1-3H3,(H2,15,18,19). The van der Waals surface area contributed by atoms with E-state index in [1.54, 1.807) is 17.0 Å². The molecule has 5 nitrogen and oxygen atoms in total. The predicted molar refractivity (Wildman–Crippen MR) is 77.9 cm³/mol. The van der Waals surface area contributed by atoms with Crippen LogP contribution in [0.2, 0.25) is 0 Å². The number of hydrogen-bond acceptors (Lipinski definition) is 3. The molecule has 0 saturated heterocycles. The minimum atomic E-state index is -3.70. The van der Waals surface area contributed by atoms with E-state index in [4.69, 9.17) is 5.14 Å². The molecule has 1 heterocycles. The molecule has 0 spiro atoms. The van der Waals surface area contributed by atoms with E-state index in [1.807, 2.05) is 20.8 Å². The van der Waals surface area contributed by atoms with Gasteiger partial charge < -0.3 is 4.90 Å². The second-order valence-corrected chi connectivity index (χ2v) is 7.34. The largest absolute Gasteiger partial charge is 0.311 e. The molecule has 0 unspecified atom stereocenters. The van der Waals surface area contributed by atoms with E-state index in [0.29, 0.717) is 13.0 Å². The van der Waals surface area contributed by atoms with Crippen LogP contribution in [0.4, 0.5) is 5.69 Å². The van der Waals surface area contributed by atoms with Crippen molar-refractivity contribution >= 4 is 21.6 Å². The lowest BCUT2D eigenvalue weighted by Crippen LogP contribution is -2.39. The maximum Gasteiger partial charge on any atom is 0.238 e. The Morgan fingerprint density at radius 3 is 2.60 bits per heavy atom. The molecule has 1 aromatic carbocycles. The van der Waals surface area contributed by atoms with Crippen molar-refractivity contribution in [3.63, 3.8) is 0 Å². The Morgan fingerprint density at radius 1 is 1.40 bits per heavy atom. The second-order valence-electron chi connectivity index (χ2n) is 5.78. The molecule has 0 saturated carbocycles. The molecule has 0 radical (unpaired) electrons. The second kappa shape index (κ2) is 4.86. The van der Waals surface area contributed by atoms with E-state index >= 15 is 0 Å². The summed E-state index contributed by atoms with van der Waals surface area (Å²) < 4.78 is 22.7. The molecule has 20 heavy (non-hydrogen) atoms. The Morgan fingerprint density at radius 2 is 2.05 bits per heavy atom. The lowest BCUT2D eigenvalue weighted by atomic mass is 9.88. The number of carbonyl (C=O) groups is 1. The van der Waals surface area contributed by atoms with Crippen molar-refractivity contribution in [3.05, 3.63) is 23.8 Å². The Kier molecular flexibility index (Phi) is 3.64. The zero-order valence-electron chi connectivity index (χ0n) is 12.0. The van der Waals surface area contributed by atoms with Gasteiger partial charge in [-0.05, 0) is 36.6 Å². The summed E-state index contributed by atoms with van der Waals surface area (Å²) >= 11 is 0. The summed E-state index contributed by atoms with van der Waals surface area (Å²) in [6, 6.07) is 4.70. The number of primary sulfonamides is 1. The first kappa shape index (κ1) is 15.0. The van der Waals surface area contributed by atoms with Gasteiger partial charge in [-0.15, -0.1) is 0 Å². The minimum Gasteiger partial charge on any atom is -0.311 e. The lowest BCUT2D eigenvalue weighted by Gasteiger charge is -2.28. The number of nitrogens with two attached hydrogens (primary N) is 1. The van der Waals surface area contributed by atoms with Gasteiger partial charge in [0.15, 0.2) is 0 Å². The van der Waals surface area contributed by atoms with Gasteiger partial charge in [0.25, 0.3) is 0 Å². The van der Waals surface area contributed by atoms with Crippen LogP contribution in [0.25, 0.3) is 0 Å². The first-order chi connectivity index (χ1) is 9.16. The molecule has 110 valence electrons. The van der Waals surface area contributed by atoms with E-state index in [2.05, 4.69) is 0 Å². The first-order valence-corrected chi connectivity index (χ1v) is 8.19. The highest BCUT2D eigenvalue weighted by atomic mass is 32.2. The SMILES string of the molecule is CCC(C)(C)C(=O)N1CCc2cc(S(N)(=O)=O)ccc21. The molecule has 0 fully saturated rings. The topological polar surface area (TPSA) is 80.5 Å². The highest BCUT2D eigenvalue weighted by Gasteiger charge is 2.34. The molecule has 2 N–H and O–H groups in total. The Hall–Kier alpha value is -1.40. The van der Waals surface area contributed by atoms with Crippen LogP contribution in [-0.2, 0) is 21.2 Å². The average Bonchev–Trinajstić information content (AvgIpc) is 2.79. The predicted octanol–water partition coefficient (Wildman–Crippen LogP) is 1.66. The fourth-order valence-corrected chi connectivity index (χ4v) is 2.85. The van der Waals surface area contributed by atoms with E-state index < -0.39 is 15.4 Å². The van der Waals surface area contributed by atoms with Crippen LogP contribution in [0.15, 0.2) is 23.1 Å². The zero-order valence-corrected chi connectivity index (χ0v) is 12.8. The normalized spacial score (nSPS) is 15.3. The summed E-state index contributed by atoms with van der Waals surface area (Å²) in [4.78, 5) is 14.4. The summed E-state index contributed by atoms with van der Waals surface area (Å²) in [7, 11) is -3.70. The number of anilines is 1. The minimum absolute atomic E-state index is 0.0714. The van der Waals surface area contributed by atoms with E-state index in [-0.39, 0.29) is 10.8 Å². The van der Waals surface area contributed by atoms with Crippen LogP contribution < -0.4 is 10.0 Å². The summed E-state index contributed by atoms with van der Waals surface area (Å²) in [6.45, 7) is 6.42. The van der Waals surface area contributed by atoms with Gasteiger partial charge in [0, 0.05) is 17.6 Å². The van der Waals surface area contributed by atoms with Crippen molar-refractivity contribution in [2.45, 2.75) is 38.5 Å². The van der Waals surface area contributed by atoms with E-state index in [0.717, 1.165) is 17.7 Å². The molecule has 1 aliphatic rings. The Bertz CT molecular complexity index is 650. The number of nitrogens with zero attached hydrogens (tertiary/aromatic N) is 1. The smallest absolute Gasteiger partial charge is 0.238 e. The van der Waals surface area contributed by atoms with Crippen LogP contribution in [0.5, 0.6) is 0 Å². The maximum absolute atomic E-state index is 12.5. The van der Waals surface area contributed by atoms with Gasteiger partial charge in [0.2, 0.25) is 15.9 Å². The molecular weight excluding hydrogens is 276 g/mol. The van der Waals surface area contributed by atoms with Gasteiger partial charge in [-0.1, -0.05) is 20.8 Å². The third kappa shape index (κ3) is 2.58. The van der Waals surface area contributed by atoms with Crippen LogP contribution in [0.3, 0.4) is 0 Å². The van der Waals surface area contributed by atoms with Crippen molar-refractivity contribution in [1.82, 2.24) is 0 Å². The van der Waals surface area contributed by atoms with Crippen molar-refractivity contribution in [1.29, 1.82) is 0 Å². The van der Waals surface area contributed by atoms with E-state index in [9.17, 15) is 13.2 Å². The summed E-state index contributed by atoms with van der Waals surface area (Å²) in [6.07, 6.45) is 1.41. The number of rotatable bonds is 3. The van der Waals surface area contributed by atoms with Gasteiger partial charge in [-0.2, -0.15) is 0 Å². The van der Waals surface area contributed by atoms with Crippen molar-refractivity contribution in [2.75, 3.05) is 11.4 Å². The highest BCUT2D eigenvalue weighted by Crippen LogP contribution is 2.34. The number of hydrogen-bond donors (Lipinski definition) is 1. The van der Waals surface area contributed by atoms with Crippen LogP contribution in [0, 0.1) is 5.41 Å². The van der Waals surface area contributed by atoms with Crippen LogP contribution in [-0.4, -0.2) is 20.9 Å². The third-order valence-electron chi connectivity index (χ3n) is 3.98.